The molecular formula is C9H14O3S. The third-order valence-electron chi connectivity index (χ3n) is 2.84. The lowest BCUT2D eigenvalue weighted by Gasteiger charge is -2.10. The number of ketones is 1. The van der Waals surface area contributed by atoms with Crippen LogP contribution in [0.1, 0.15) is 19.8 Å². The van der Waals surface area contributed by atoms with E-state index in [4.69, 9.17) is 0 Å². The van der Waals surface area contributed by atoms with E-state index < -0.39 is 5.41 Å². The monoisotopic (exact) mass is 202 g/mol. The van der Waals surface area contributed by atoms with E-state index >= 15 is 0 Å². The molecule has 0 spiro atoms. The maximum atomic E-state index is 11.3. The lowest BCUT2D eigenvalue weighted by molar-refractivity contribution is -0.144. The SMILES string of the molecule is COC(=O)CC1(C(C)=O)CC1CS. The minimum absolute atomic E-state index is 0.0805. The molecule has 0 radical (unpaired) electrons. The quantitative estimate of drug-likeness (QED) is 0.548. The van der Waals surface area contributed by atoms with Gasteiger partial charge in [-0.05, 0) is 25.0 Å². The highest BCUT2D eigenvalue weighted by molar-refractivity contribution is 7.80. The van der Waals surface area contributed by atoms with Gasteiger partial charge in [0.25, 0.3) is 0 Å². The zero-order valence-corrected chi connectivity index (χ0v) is 8.77. The molecule has 0 amide bonds. The van der Waals surface area contributed by atoms with Gasteiger partial charge in [0.15, 0.2) is 0 Å². The van der Waals surface area contributed by atoms with E-state index in [1.807, 2.05) is 0 Å². The van der Waals surface area contributed by atoms with Crippen molar-refractivity contribution in [2.75, 3.05) is 12.9 Å². The predicted octanol–water partition coefficient (Wildman–Crippen LogP) is 1.07. The molecule has 74 valence electrons. The van der Waals surface area contributed by atoms with Gasteiger partial charge in [0.2, 0.25) is 0 Å². The Morgan fingerprint density at radius 2 is 2.23 bits per heavy atom. The summed E-state index contributed by atoms with van der Waals surface area (Å²) in [6.45, 7) is 1.53. The van der Waals surface area contributed by atoms with E-state index in [0.717, 1.165) is 6.42 Å². The van der Waals surface area contributed by atoms with Crippen molar-refractivity contribution in [2.24, 2.45) is 11.3 Å². The summed E-state index contributed by atoms with van der Waals surface area (Å²) in [6.07, 6.45) is 0.991. The van der Waals surface area contributed by atoms with Crippen molar-refractivity contribution in [3.8, 4) is 0 Å². The molecule has 0 saturated heterocycles. The first kappa shape index (κ1) is 10.6. The van der Waals surface area contributed by atoms with E-state index in [1.165, 1.54) is 14.0 Å². The average molecular weight is 202 g/mol. The first-order chi connectivity index (χ1) is 6.06. The van der Waals surface area contributed by atoms with Crippen LogP contribution in [0, 0.1) is 11.3 Å². The molecule has 0 N–H and O–H groups in total. The summed E-state index contributed by atoms with van der Waals surface area (Å²) in [5.41, 5.74) is -0.450. The van der Waals surface area contributed by atoms with Crippen LogP contribution in [0.2, 0.25) is 0 Å². The molecular weight excluding hydrogens is 188 g/mol. The molecule has 0 aromatic carbocycles. The second-order valence-electron chi connectivity index (χ2n) is 3.55. The fourth-order valence-electron chi connectivity index (χ4n) is 1.72. The molecule has 1 fully saturated rings. The Bertz CT molecular complexity index is 239. The Morgan fingerprint density at radius 1 is 1.62 bits per heavy atom. The maximum Gasteiger partial charge on any atom is 0.306 e. The summed E-state index contributed by atoms with van der Waals surface area (Å²) in [5, 5.41) is 0. The molecule has 1 aliphatic rings. The summed E-state index contributed by atoms with van der Waals surface area (Å²) in [6, 6.07) is 0. The molecule has 0 aromatic rings. The molecule has 0 bridgehead atoms. The number of hydrogen-bond acceptors (Lipinski definition) is 4. The van der Waals surface area contributed by atoms with Gasteiger partial charge >= 0.3 is 5.97 Å². The lowest BCUT2D eigenvalue weighted by Crippen LogP contribution is -2.20. The summed E-state index contributed by atoms with van der Waals surface area (Å²) < 4.78 is 4.55. The molecule has 4 heteroatoms. The third kappa shape index (κ3) is 1.88. The van der Waals surface area contributed by atoms with Gasteiger partial charge in [0.05, 0.1) is 13.5 Å². The van der Waals surface area contributed by atoms with Gasteiger partial charge in [-0.15, -0.1) is 0 Å². The maximum absolute atomic E-state index is 11.3. The fraction of sp³-hybridized carbons (Fsp3) is 0.778. The summed E-state index contributed by atoms with van der Waals surface area (Å²) in [5.74, 6) is 0.695. The second kappa shape index (κ2) is 3.70. The van der Waals surface area contributed by atoms with E-state index in [-0.39, 0.29) is 24.1 Å². The van der Waals surface area contributed by atoms with Crippen LogP contribution in [0.15, 0.2) is 0 Å². The number of rotatable bonds is 4. The number of Topliss-reactive ketones (excluding diaryl/α,β-unsaturated/α-hetero) is 1. The molecule has 0 aromatic heterocycles. The Labute approximate surface area is 83.2 Å². The molecule has 0 heterocycles. The minimum Gasteiger partial charge on any atom is -0.469 e. The normalized spacial score (nSPS) is 31.2. The first-order valence-corrected chi connectivity index (χ1v) is 4.89. The third-order valence-corrected chi connectivity index (χ3v) is 3.28. The Morgan fingerprint density at radius 3 is 2.54 bits per heavy atom. The van der Waals surface area contributed by atoms with Gasteiger partial charge in [-0.2, -0.15) is 12.6 Å². The van der Waals surface area contributed by atoms with Crippen LogP contribution in [-0.2, 0) is 14.3 Å². The zero-order valence-electron chi connectivity index (χ0n) is 7.87. The highest BCUT2D eigenvalue weighted by Gasteiger charge is 2.58. The zero-order chi connectivity index (χ0) is 10.1. The van der Waals surface area contributed by atoms with E-state index in [0.29, 0.717) is 5.75 Å². The largest absolute Gasteiger partial charge is 0.469 e. The number of esters is 1. The number of thiol groups is 1. The highest BCUT2D eigenvalue weighted by Crippen LogP contribution is 2.56. The summed E-state index contributed by atoms with van der Waals surface area (Å²) >= 11 is 4.13. The van der Waals surface area contributed by atoms with Crippen molar-refractivity contribution in [3.63, 3.8) is 0 Å². The molecule has 1 saturated carbocycles. The van der Waals surface area contributed by atoms with Crippen LogP contribution in [-0.4, -0.2) is 24.6 Å². The molecule has 3 nitrogen and oxygen atoms in total. The van der Waals surface area contributed by atoms with E-state index in [1.54, 1.807) is 0 Å². The van der Waals surface area contributed by atoms with Crippen molar-refractivity contribution in [1.29, 1.82) is 0 Å². The number of carbonyl (C=O) groups excluding carboxylic acids is 2. The smallest absolute Gasteiger partial charge is 0.306 e. The number of ether oxygens (including phenoxy) is 1. The summed E-state index contributed by atoms with van der Waals surface area (Å²) in [7, 11) is 1.34. The number of carbonyl (C=O) groups is 2. The Hall–Kier alpha value is -0.510. The molecule has 2 atom stereocenters. The van der Waals surface area contributed by atoms with E-state index in [9.17, 15) is 9.59 Å². The van der Waals surface area contributed by atoms with Crippen LogP contribution in [0.5, 0.6) is 0 Å². The molecule has 2 unspecified atom stereocenters. The van der Waals surface area contributed by atoms with Crippen LogP contribution < -0.4 is 0 Å². The van der Waals surface area contributed by atoms with Gasteiger partial charge in [-0.25, -0.2) is 0 Å². The van der Waals surface area contributed by atoms with Crippen molar-refractivity contribution < 1.29 is 14.3 Å². The number of methoxy groups -OCH3 is 1. The second-order valence-corrected chi connectivity index (χ2v) is 3.91. The van der Waals surface area contributed by atoms with Crippen molar-refractivity contribution in [3.05, 3.63) is 0 Å². The summed E-state index contributed by atoms with van der Waals surface area (Å²) in [4.78, 5) is 22.3. The molecule has 1 aliphatic carbocycles. The van der Waals surface area contributed by atoms with Crippen molar-refractivity contribution in [1.82, 2.24) is 0 Å². The van der Waals surface area contributed by atoms with Crippen LogP contribution in [0.3, 0.4) is 0 Å². The van der Waals surface area contributed by atoms with Gasteiger partial charge in [-0.3, -0.25) is 9.59 Å². The van der Waals surface area contributed by atoms with Crippen LogP contribution in [0.25, 0.3) is 0 Å². The topological polar surface area (TPSA) is 43.4 Å². The number of hydrogen-bond donors (Lipinski definition) is 1. The van der Waals surface area contributed by atoms with Crippen LogP contribution in [0.4, 0.5) is 0 Å². The first-order valence-electron chi connectivity index (χ1n) is 4.25. The fourth-order valence-corrected chi connectivity index (χ4v) is 2.20. The molecule has 0 aliphatic heterocycles. The van der Waals surface area contributed by atoms with Crippen molar-refractivity contribution >= 4 is 24.4 Å². The van der Waals surface area contributed by atoms with E-state index in [2.05, 4.69) is 17.4 Å². The Balaban J connectivity index is 2.62. The minimum atomic E-state index is -0.450. The Kier molecular flexibility index (Phi) is 3.01. The molecule has 1 rings (SSSR count). The van der Waals surface area contributed by atoms with Gasteiger partial charge < -0.3 is 4.74 Å². The van der Waals surface area contributed by atoms with Gasteiger partial charge in [0, 0.05) is 5.41 Å². The standard InChI is InChI=1S/C9H14O3S/c1-6(10)9(3-7(9)5-13)4-8(11)12-2/h7,13H,3-5H2,1-2H3. The molecule has 13 heavy (non-hydrogen) atoms. The van der Waals surface area contributed by atoms with Crippen LogP contribution >= 0.6 is 12.6 Å². The van der Waals surface area contributed by atoms with Crippen molar-refractivity contribution in [2.45, 2.75) is 19.8 Å². The lowest BCUT2D eigenvalue weighted by atomic mass is 9.95. The predicted molar refractivity (Wildman–Crippen MR) is 51.7 cm³/mol. The average Bonchev–Trinajstić information content (AvgIpc) is 2.80. The van der Waals surface area contributed by atoms with Gasteiger partial charge in [-0.1, -0.05) is 0 Å². The van der Waals surface area contributed by atoms with Gasteiger partial charge in [0.1, 0.15) is 5.78 Å². The highest BCUT2D eigenvalue weighted by atomic mass is 32.1.